The molecule has 6 nitrogen and oxygen atoms in total. The lowest BCUT2D eigenvalue weighted by molar-refractivity contribution is 0.0697. The van der Waals surface area contributed by atoms with Gasteiger partial charge >= 0.3 is 5.97 Å². The Labute approximate surface area is 150 Å². The first kappa shape index (κ1) is 17.2. The number of rotatable bonds is 5. The van der Waals surface area contributed by atoms with Crippen LogP contribution in [0, 0.1) is 0 Å². The fourth-order valence-electron chi connectivity index (χ4n) is 2.42. The number of ether oxygens (including phenoxy) is 1. The number of methoxy groups -OCH3 is 1. The van der Waals surface area contributed by atoms with Crippen LogP contribution in [-0.2, 0) is 0 Å². The Bertz CT molecular complexity index is 952. The molecule has 0 unspecified atom stereocenters. The second-order valence-corrected chi connectivity index (χ2v) is 5.50. The van der Waals surface area contributed by atoms with Crippen LogP contribution in [0.2, 0.25) is 0 Å². The highest BCUT2D eigenvalue weighted by molar-refractivity contribution is 6.05. The summed E-state index contributed by atoms with van der Waals surface area (Å²) >= 11 is 0. The smallest absolute Gasteiger partial charge is 0.335 e. The number of aromatic carboxylic acids is 1. The number of amides is 1. The second-order valence-electron chi connectivity index (χ2n) is 5.50. The molecule has 0 saturated carbocycles. The number of benzene rings is 2. The fourth-order valence-corrected chi connectivity index (χ4v) is 2.42. The minimum Gasteiger partial charge on any atom is -0.497 e. The van der Waals surface area contributed by atoms with E-state index in [0.29, 0.717) is 5.69 Å². The predicted molar refractivity (Wildman–Crippen MR) is 97.6 cm³/mol. The third-order valence-corrected chi connectivity index (χ3v) is 3.76. The molecular formula is C20H16N2O4. The van der Waals surface area contributed by atoms with Crippen molar-refractivity contribution in [1.82, 2.24) is 4.98 Å². The van der Waals surface area contributed by atoms with Crippen molar-refractivity contribution < 1.29 is 19.4 Å². The van der Waals surface area contributed by atoms with E-state index in [1.54, 1.807) is 31.5 Å². The zero-order valence-electron chi connectivity index (χ0n) is 14.0. The van der Waals surface area contributed by atoms with Crippen LogP contribution in [0.3, 0.4) is 0 Å². The molecule has 1 amide bonds. The average Bonchev–Trinajstić information content (AvgIpc) is 2.68. The van der Waals surface area contributed by atoms with Gasteiger partial charge in [-0.05, 0) is 42.5 Å². The minimum absolute atomic E-state index is 0.0594. The number of carboxylic acid groups (broad SMARTS) is 1. The lowest BCUT2D eigenvalue weighted by Gasteiger charge is -2.07. The molecule has 3 rings (SSSR count). The molecule has 0 fully saturated rings. The molecule has 1 aromatic heterocycles. The van der Waals surface area contributed by atoms with E-state index in [1.807, 2.05) is 24.3 Å². The normalized spacial score (nSPS) is 10.2. The number of hydrogen-bond donors (Lipinski definition) is 2. The maximum Gasteiger partial charge on any atom is 0.335 e. The van der Waals surface area contributed by atoms with Gasteiger partial charge in [-0.2, -0.15) is 0 Å². The number of nitrogens with zero attached hydrogens (tertiary/aromatic N) is 1. The van der Waals surface area contributed by atoms with Gasteiger partial charge in [0.2, 0.25) is 0 Å². The minimum atomic E-state index is -1.08. The van der Waals surface area contributed by atoms with Gasteiger partial charge in [0, 0.05) is 11.1 Å². The molecule has 2 N–H and O–H groups in total. The van der Waals surface area contributed by atoms with Crippen LogP contribution >= 0.6 is 0 Å². The molecule has 0 radical (unpaired) electrons. The SMILES string of the molecule is COc1cccc(-c2ccc(NC(=O)c3cccc(C(=O)O)c3)cn2)c1. The van der Waals surface area contributed by atoms with Gasteiger partial charge in [-0.15, -0.1) is 0 Å². The van der Waals surface area contributed by atoms with E-state index < -0.39 is 11.9 Å². The van der Waals surface area contributed by atoms with Crippen molar-refractivity contribution >= 4 is 17.6 Å². The Kier molecular flexibility index (Phi) is 4.94. The highest BCUT2D eigenvalue weighted by Crippen LogP contribution is 2.23. The number of carbonyl (C=O) groups is 2. The number of anilines is 1. The summed E-state index contributed by atoms with van der Waals surface area (Å²) in [5.74, 6) is -0.743. The summed E-state index contributed by atoms with van der Waals surface area (Å²) in [6.07, 6.45) is 1.55. The Morgan fingerprint density at radius 3 is 2.46 bits per heavy atom. The lowest BCUT2D eigenvalue weighted by Crippen LogP contribution is -2.13. The first-order chi connectivity index (χ1) is 12.6. The molecule has 0 aliphatic rings. The van der Waals surface area contributed by atoms with E-state index in [0.717, 1.165) is 17.0 Å². The Balaban J connectivity index is 1.75. The van der Waals surface area contributed by atoms with E-state index >= 15 is 0 Å². The molecule has 0 aliphatic heterocycles. The molecular weight excluding hydrogens is 332 g/mol. The number of carbonyl (C=O) groups excluding carboxylic acids is 1. The van der Waals surface area contributed by atoms with Crippen molar-refractivity contribution in [2.24, 2.45) is 0 Å². The zero-order chi connectivity index (χ0) is 18.5. The third-order valence-electron chi connectivity index (χ3n) is 3.76. The topological polar surface area (TPSA) is 88.5 Å². The highest BCUT2D eigenvalue weighted by atomic mass is 16.5. The number of carboxylic acids is 1. The molecule has 0 atom stereocenters. The maximum absolute atomic E-state index is 12.3. The number of aromatic nitrogens is 1. The molecule has 130 valence electrons. The fraction of sp³-hybridized carbons (Fsp3) is 0.0500. The van der Waals surface area contributed by atoms with Crippen LogP contribution in [0.5, 0.6) is 5.75 Å². The number of hydrogen-bond acceptors (Lipinski definition) is 4. The van der Waals surface area contributed by atoms with E-state index in [4.69, 9.17) is 9.84 Å². The van der Waals surface area contributed by atoms with Gasteiger partial charge in [0.15, 0.2) is 0 Å². The monoisotopic (exact) mass is 348 g/mol. The van der Waals surface area contributed by atoms with Gasteiger partial charge in [0.25, 0.3) is 5.91 Å². The number of pyridine rings is 1. The molecule has 2 aromatic carbocycles. The van der Waals surface area contributed by atoms with Crippen LogP contribution in [-0.4, -0.2) is 29.1 Å². The van der Waals surface area contributed by atoms with Crippen LogP contribution in [0.25, 0.3) is 11.3 Å². The molecule has 0 bridgehead atoms. The van der Waals surface area contributed by atoms with Gasteiger partial charge in [0.1, 0.15) is 5.75 Å². The summed E-state index contributed by atoms with van der Waals surface area (Å²) in [7, 11) is 1.60. The van der Waals surface area contributed by atoms with Crippen LogP contribution in [0.1, 0.15) is 20.7 Å². The van der Waals surface area contributed by atoms with Crippen molar-refractivity contribution in [3.8, 4) is 17.0 Å². The first-order valence-electron chi connectivity index (χ1n) is 7.82. The summed E-state index contributed by atoms with van der Waals surface area (Å²) in [5, 5.41) is 11.7. The zero-order valence-corrected chi connectivity index (χ0v) is 14.0. The quantitative estimate of drug-likeness (QED) is 0.734. The molecule has 26 heavy (non-hydrogen) atoms. The van der Waals surface area contributed by atoms with Crippen LogP contribution in [0.4, 0.5) is 5.69 Å². The van der Waals surface area contributed by atoms with Gasteiger partial charge < -0.3 is 15.2 Å². The number of nitrogens with one attached hydrogen (secondary N) is 1. The lowest BCUT2D eigenvalue weighted by atomic mass is 10.1. The first-order valence-corrected chi connectivity index (χ1v) is 7.82. The summed E-state index contributed by atoms with van der Waals surface area (Å²) in [6.45, 7) is 0. The molecule has 0 aliphatic carbocycles. The van der Waals surface area contributed by atoms with Gasteiger partial charge in [0.05, 0.1) is 30.3 Å². The van der Waals surface area contributed by atoms with Gasteiger partial charge in [-0.1, -0.05) is 18.2 Å². The molecule has 0 saturated heterocycles. The molecule has 1 heterocycles. The maximum atomic E-state index is 12.3. The Hall–Kier alpha value is -3.67. The van der Waals surface area contributed by atoms with Gasteiger partial charge in [-0.25, -0.2) is 4.79 Å². The van der Waals surface area contributed by atoms with Crippen LogP contribution < -0.4 is 10.1 Å². The van der Waals surface area contributed by atoms with E-state index in [9.17, 15) is 9.59 Å². The highest BCUT2D eigenvalue weighted by Gasteiger charge is 2.10. The van der Waals surface area contributed by atoms with Crippen molar-refractivity contribution in [2.45, 2.75) is 0 Å². The van der Waals surface area contributed by atoms with Crippen molar-refractivity contribution in [3.05, 3.63) is 78.0 Å². The molecule has 0 spiro atoms. The second kappa shape index (κ2) is 7.48. The third kappa shape index (κ3) is 3.87. The summed E-state index contributed by atoms with van der Waals surface area (Å²) in [4.78, 5) is 27.6. The van der Waals surface area contributed by atoms with E-state index in [2.05, 4.69) is 10.3 Å². The largest absolute Gasteiger partial charge is 0.497 e. The van der Waals surface area contributed by atoms with Crippen LogP contribution in [0.15, 0.2) is 66.9 Å². The molecule has 3 aromatic rings. The van der Waals surface area contributed by atoms with Crippen molar-refractivity contribution in [3.63, 3.8) is 0 Å². The summed E-state index contributed by atoms with van der Waals surface area (Å²) < 4.78 is 5.20. The predicted octanol–water partition coefficient (Wildman–Crippen LogP) is 3.71. The summed E-state index contributed by atoms with van der Waals surface area (Å²) in [5.41, 5.74) is 2.49. The van der Waals surface area contributed by atoms with Crippen molar-refractivity contribution in [2.75, 3.05) is 12.4 Å². The van der Waals surface area contributed by atoms with Gasteiger partial charge in [-0.3, -0.25) is 9.78 Å². The standard InChI is InChI=1S/C20H16N2O4/c1-26-17-7-3-4-13(11-17)18-9-8-16(12-21-18)22-19(23)14-5-2-6-15(10-14)20(24)25/h2-12H,1H3,(H,22,23)(H,24,25). The molecule has 6 heteroatoms. The Morgan fingerprint density at radius 2 is 1.77 bits per heavy atom. The average molecular weight is 348 g/mol. The van der Waals surface area contributed by atoms with E-state index in [-0.39, 0.29) is 11.1 Å². The Morgan fingerprint density at radius 1 is 1.00 bits per heavy atom. The van der Waals surface area contributed by atoms with E-state index in [1.165, 1.54) is 18.2 Å². The summed E-state index contributed by atoms with van der Waals surface area (Å²) in [6, 6.07) is 16.9. The van der Waals surface area contributed by atoms with Crippen molar-refractivity contribution in [1.29, 1.82) is 0 Å².